The first-order valence-electron chi connectivity index (χ1n) is 11.2. The zero-order chi connectivity index (χ0) is 26.3. The van der Waals surface area contributed by atoms with Crippen molar-refractivity contribution in [2.24, 2.45) is 7.05 Å². The Bertz CT molecular complexity index is 1600. The van der Waals surface area contributed by atoms with Gasteiger partial charge in [-0.3, -0.25) is 9.08 Å². The van der Waals surface area contributed by atoms with Crippen LogP contribution in [-0.2, 0) is 18.0 Å². The number of alkyl halides is 3. The van der Waals surface area contributed by atoms with E-state index in [1.807, 2.05) is 36.0 Å². The van der Waals surface area contributed by atoms with E-state index in [0.717, 1.165) is 28.5 Å². The van der Waals surface area contributed by atoms with E-state index in [1.54, 1.807) is 23.1 Å². The summed E-state index contributed by atoms with van der Waals surface area (Å²) < 4.78 is 55.0. The second-order valence-electron chi connectivity index (χ2n) is 8.33. The predicted octanol–water partition coefficient (Wildman–Crippen LogP) is 6.41. The zero-order valence-corrected chi connectivity index (χ0v) is 20.8. The number of esters is 1. The standard InChI is InChI=1S/C26H21F3N4O3S/c1-15(18-6-4-5-7-19(18)26(27,28)29)36-21-11-22(37-24(21)25(34)35-3)20-13-30-23-10-16(8-9-33(20)23)17-12-31-32(2)14-17/h4-15H,1-3H3. The van der Waals surface area contributed by atoms with E-state index >= 15 is 0 Å². The lowest BCUT2D eigenvalue weighted by atomic mass is 10.0. The molecule has 190 valence electrons. The Morgan fingerprint density at radius 2 is 1.89 bits per heavy atom. The molecule has 0 fully saturated rings. The molecule has 0 amide bonds. The van der Waals surface area contributed by atoms with Crippen LogP contribution in [0.2, 0.25) is 0 Å². The number of imidazole rings is 1. The van der Waals surface area contributed by atoms with Gasteiger partial charge in [0.1, 0.15) is 17.5 Å². The van der Waals surface area contributed by atoms with Crippen LogP contribution in [0, 0.1) is 0 Å². The molecule has 0 aliphatic rings. The van der Waals surface area contributed by atoms with Gasteiger partial charge >= 0.3 is 12.1 Å². The number of rotatable bonds is 6. The summed E-state index contributed by atoms with van der Waals surface area (Å²) in [4.78, 5) is 17.8. The fraction of sp³-hybridized carbons (Fsp3) is 0.192. The number of aromatic nitrogens is 4. The molecule has 1 atom stereocenters. The molecule has 1 aromatic carbocycles. The van der Waals surface area contributed by atoms with E-state index in [-0.39, 0.29) is 16.2 Å². The summed E-state index contributed by atoms with van der Waals surface area (Å²) >= 11 is 1.12. The minimum Gasteiger partial charge on any atom is -0.484 e. The van der Waals surface area contributed by atoms with Gasteiger partial charge in [0.15, 0.2) is 4.88 Å². The summed E-state index contributed by atoms with van der Waals surface area (Å²) in [6.45, 7) is 1.51. The van der Waals surface area contributed by atoms with E-state index in [0.29, 0.717) is 16.2 Å². The first-order chi connectivity index (χ1) is 17.7. The van der Waals surface area contributed by atoms with Crippen molar-refractivity contribution in [1.82, 2.24) is 19.2 Å². The molecular formula is C26H21F3N4O3S. The molecule has 0 spiro atoms. The number of hydrogen-bond donors (Lipinski definition) is 0. The van der Waals surface area contributed by atoms with E-state index in [4.69, 9.17) is 9.47 Å². The van der Waals surface area contributed by atoms with Gasteiger partial charge in [-0.1, -0.05) is 18.2 Å². The second kappa shape index (κ2) is 9.40. The van der Waals surface area contributed by atoms with E-state index < -0.39 is 23.8 Å². The van der Waals surface area contributed by atoms with Crippen LogP contribution in [-0.4, -0.2) is 32.2 Å². The number of fused-ring (bicyclic) bond motifs is 1. The van der Waals surface area contributed by atoms with Crippen molar-refractivity contribution in [3.63, 3.8) is 0 Å². The topological polar surface area (TPSA) is 70.7 Å². The van der Waals surface area contributed by atoms with Crippen molar-refractivity contribution >= 4 is 23.0 Å². The molecule has 5 rings (SSSR count). The molecule has 0 bridgehead atoms. The number of carbonyl (C=O) groups is 1. The molecule has 11 heteroatoms. The summed E-state index contributed by atoms with van der Waals surface area (Å²) in [5.74, 6) is -0.506. The van der Waals surface area contributed by atoms with Crippen LogP contribution in [0.5, 0.6) is 5.75 Å². The van der Waals surface area contributed by atoms with Crippen LogP contribution in [0.4, 0.5) is 13.2 Å². The number of benzene rings is 1. The number of carbonyl (C=O) groups excluding carboxylic acids is 1. The first-order valence-corrected chi connectivity index (χ1v) is 12.0. The Morgan fingerprint density at radius 1 is 1.11 bits per heavy atom. The Balaban J connectivity index is 1.52. The highest BCUT2D eigenvalue weighted by atomic mass is 32.1. The number of nitrogens with zero attached hydrogens (tertiary/aromatic N) is 4. The highest BCUT2D eigenvalue weighted by Crippen LogP contribution is 2.41. The second-order valence-corrected chi connectivity index (χ2v) is 9.38. The summed E-state index contributed by atoms with van der Waals surface area (Å²) in [7, 11) is 3.08. The van der Waals surface area contributed by atoms with E-state index in [2.05, 4.69) is 10.1 Å². The maximum absolute atomic E-state index is 13.5. The van der Waals surface area contributed by atoms with Crippen LogP contribution in [0.3, 0.4) is 0 Å². The third-order valence-electron chi connectivity index (χ3n) is 5.88. The fourth-order valence-electron chi connectivity index (χ4n) is 4.10. The minimum absolute atomic E-state index is 0.0312. The first kappa shape index (κ1) is 24.6. The molecule has 0 aliphatic heterocycles. The molecule has 0 aliphatic carbocycles. The van der Waals surface area contributed by atoms with Gasteiger partial charge < -0.3 is 9.47 Å². The molecule has 0 radical (unpaired) electrons. The lowest BCUT2D eigenvalue weighted by molar-refractivity contribution is -0.139. The predicted molar refractivity (Wildman–Crippen MR) is 133 cm³/mol. The molecule has 4 heterocycles. The highest BCUT2D eigenvalue weighted by molar-refractivity contribution is 7.17. The molecule has 0 saturated carbocycles. The van der Waals surface area contributed by atoms with E-state index in [1.165, 1.54) is 32.2 Å². The van der Waals surface area contributed by atoms with Crippen molar-refractivity contribution in [1.29, 1.82) is 0 Å². The molecule has 4 aromatic heterocycles. The van der Waals surface area contributed by atoms with Crippen molar-refractivity contribution < 1.29 is 27.4 Å². The van der Waals surface area contributed by atoms with Gasteiger partial charge in [-0.05, 0) is 30.7 Å². The summed E-state index contributed by atoms with van der Waals surface area (Å²) in [5, 5.41) is 4.20. The Labute approximate surface area is 213 Å². The van der Waals surface area contributed by atoms with Gasteiger partial charge in [0.25, 0.3) is 0 Å². The average molecular weight is 527 g/mol. The quantitative estimate of drug-likeness (QED) is 0.239. The van der Waals surface area contributed by atoms with Crippen LogP contribution in [0.25, 0.3) is 27.3 Å². The largest absolute Gasteiger partial charge is 0.484 e. The minimum atomic E-state index is -4.54. The maximum atomic E-state index is 13.5. The van der Waals surface area contributed by atoms with Crippen LogP contribution in [0.15, 0.2) is 67.3 Å². The van der Waals surface area contributed by atoms with Crippen molar-refractivity contribution in [3.05, 3.63) is 83.3 Å². The van der Waals surface area contributed by atoms with Crippen LogP contribution in [0.1, 0.15) is 33.8 Å². The van der Waals surface area contributed by atoms with Crippen LogP contribution < -0.4 is 4.74 Å². The molecule has 1 unspecified atom stereocenters. The lowest BCUT2D eigenvalue weighted by Gasteiger charge is -2.19. The molecule has 0 saturated heterocycles. The van der Waals surface area contributed by atoms with Gasteiger partial charge in [-0.15, -0.1) is 11.3 Å². The van der Waals surface area contributed by atoms with Gasteiger partial charge in [0.2, 0.25) is 0 Å². The number of ether oxygens (including phenoxy) is 2. The number of aryl methyl sites for hydroxylation is 1. The van der Waals surface area contributed by atoms with Crippen molar-refractivity contribution in [3.8, 4) is 27.4 Å². The Hall–Kier alpha value is -4.12. The molecule has 5 aromatic rings. The Morgan fingerprint density at radius 3 is 2.59 bits per heavy atom. The maximum Gasteiger partial charge on any atom is 0.416 e. The summed E-state index contributed by atoms with van der Waals surface area (Å²) in [6.07, 6.45) is 1.68. The SMILES string of the molecule is COC(=O)c1sc(-c2cnc3cc(-c4cnn(C)c4)ccn23)cc1OC(C)c1ccccc1C(F)(F)F. The van der Waals surface area contributed by atoms with Gasteiger partial charge in [-0.25, -0.2) is 9.78 Å². The number of halogens is 3. The number of thiophene rings is 1. The summed E-state index contributed by atoms with van der Waals surface area (Å²) in [5.41, 5.74) is 2.45. The fourth-order valence-corrected chi connectivity index (χ4v) is 5.12. The highest BCUT2D eigenvalue weighted by Gasteiger charge is 2.35. The Kier molecular flexibility index (Phi) is 6.24. The van der Waals surface area contributed by atoms with Gasteiger partial charge in [0, 0.05) is 36.6 Å². The molecule has 7 nitrogen and oxygen atoms in total. The van der Waals surface area contributed by atoms with Crippen molar-refractivity contribution in [2.45, 2.75) is 19.2 Å². The van der Waals surface area contributed by atoms with E-state index in [9.17, 15) is 18.0 Å². The van der Waals surface area contributed by atoms with Gasteiger partial charge in [-0.2, -0.15) is 18.3 Å². The smallest absolute Gasteiger partial charge is 0.416 e. The lowest BCUT2D eigenvalue weighted by Crippen LogP contribution is -2.14. The third kappa shape index (κ3) is 4.69. The molecule has 0 N–H and O–H groups in total. The molecular weight excluding hydrogens is 505 g/mol. The number of hydrogen-bond acceptors (Lipinski definition) is 6. The monoisotopic (exact) mass is 526 g/mol. The van der Waals surface area contributed by atoms with Crippen LogP contribution >= 0.6 is 11.3 Å². The zero-order valence-electron chi connectivity index (χ0n) is 20.0. The summed E-state index contributed by atoms with van der Waals surface area (Å²) in [6, 6.07) is 10.7. The number of pyridine rings is 1. The third-order valence-corrected chi connectivity index (χ3v) is 7.00. The normalized spacial score (nSPS) is 12.6. The van der Waals surface area contributed by atoms with Crippen molar-refractivity contribution in [2.75, 3.05) is 7.11 Å². The molecule has 37 heavy (non-hydrogen) atoms. The average Bonchev–Trinajstić information content (AvgIpc) is 3.60. The number of methoxy groups -OCH3 is 1. The van der Waals surface area contributed by atoms with Gasteiger partial charge in [0.05, 0.1) is 35.6 Å².